The number of fused-ring (bicyclic) bond motifs is 1. The number of nitrogens with zero attached hydrogens (tertiary/aromatic N) is 4. The molecule has 36 heavy (non-hydrogen) atoms. The number of aromatic nitrogens is 3. The molecule has 2 aromatic carbocycles. The Kier molecular flexibility index (Phi) is 7.47. The molecule has 0 saturated carbocycles. The summed E-state index contributed by atoms with van der Waals surface area (Å²) in [4.78, 5) is 16.6. The van der Waals surface area contributed by atoms with Crippen molar-refractivity contribution in [2.75, 3.05) is 17.7 Å². The molecule has 1 amide bonds. The Balaban J connectivity index is 1.54. The number of amides is 1. The summed E-state index contributed by atoms with van der Waals surface area (Å²) in [7, 11) is -3.59. The van der Waals surface area contributed by atoms with Crippen LogP contribution in [0, 0.1) is 18.3 Å². The number of hydrogen-bond acceptors (Lipinski definition) is 8. The number of anilines is 1. The van der Waals surface area contributed by atoms with E-state index in [1.165, 1.54) is 13.0 Å². The SMILES string of the molecule is CCS(=O)(=O)c1nsc(NC(=O)/C(C#N)=C\c2cn(CCOc3cccc(C)c3)c3ccccc23)n1. The first-order chi connectivity index (χ1) is 17.3. The van der Waals surface area contributed by atoms with Crippen molar-refractivity contribution in [3.05, 3.63) is 71.4 Å². The first-order valence-corrected chi connectivity index (χ1v) is 13.5. The highest BCUT2D eigenvalue weighted by molar-refractivity contribution is 7.91. The average Bonchev–Trinajstić information content (AvgIpc) is 3.48. The molecule has 4 rings (SSSR count). The number of nitriles is 1. The molecule has 0 aliphatic carbocycles. The molecule has 0 bridgehead atoms. The standard InChI is InChI=1S/C25H23N5O4S2/c1-3-36(32,33)25-28-24(35-29-25)27-23(31)18(15-26)14-19-16-30(22-10-5-4-9-21(19)22)11-12-34-20-8-6-7-17(2)13-20/h4-10,13-14,16H,3,11-12H2,1-2H3,(H,27,28,29,31)/b18-14-. The van der Waals surface area contributed by atoms with E-state index in [2.05, 4.69) is 14.7 Å². The molecule has 4 aromatic rings. The molecule has 0 aliphatic heterocycles. The molecule has 0 aliphatic rings. The van der Waals surface area contributed by atoms with Gasteiger partial charge in [0.1, 0.15) is 24.0 Å². The third kappa shape index (κ3) is 5.62. The number of benzene rings is 2. The first-order valence-electron chi connectivity index (χ1n) is 11.1. The summed E-state index contributed by atoms with van der Waals surface area (Å²) >= 11 is 0.742. The van der Waals surface area contributed by atoms with Crippen molar-refractivity contribution >= 4 is 49.4 Å². The Morgan fingerprint density at radius 3 is 2.81 bits per heavy atom. The number of nitrogens with one attached hydrogen (secondary N) is 1. The Labute approximate surface area is 212 Å². The molecule has 0 radical (unpaired) electrons. The normalized spacial score (nSPS) is 11.9. The smallest absolute Gasteiger partial charge is 0.268 e. The van der Waals surface area contributed by atoms with Crippen LogP contribution in [-0.4, -0.2) is 40.6 Å². The van der Waals surface area contributed by atoms with Gasteiger partial charge in [-0.1, -0.05) is 37.3 Å². The van der Waals surface area contributed by atoms with Crippen molar-refractivity contribution in [3.8, 4) is 11.8 Å². The maximum atomic E-state index is 12.7. The molecule has 184 valence electrons. The highest BCUT2D eigenvalue weighted by Gasteiger charge is 2.20. The summed E-state index contributed by atoms with van der Waals surface area (Å²) < 4.78 is 35.5. The highest BCUT2D eigenvalue weighted by Crippen LogP contribution is 2.24. The summed E-state index contributed by atoms with van der Waals surface area (Å²) in [5.41, 5.74) is 2.60. The van der Waals surface area contributed by atoms with Gasteiger partial charge in [-0.25, -0.2) is 8.42 Å². The zero-order valence-electron chi connectivity index (χ0n) is 19.6. The third-order valence-corrected chi connectivity index (χ3v) is 7.61. The van der Waals surface area contributed by atoms with Crippen molar-refractivity contribution in [3.63, 3.8) is 0 Å². The second kappa shape index (κ2) is 10.7. The minimum absolute atomic E-state index is 0.00361. The number of carbonyl (C=O) groups is 1. The topological polar surface area (TPSA) is 127 Å². The van der Waals surface area contributed by atoms with Gasteiger partial charge in [-0.2, -0.15) is 14.6 Å². The molecular formula is C25H23N5O4S2. The van der Waals surface area contributed by atoms with Gasteiger partial charge >= 0.3 is 0 Å². The molecular weight excluding hydrogens is 498 g/mol. The van der Waals surface area contributed by atoms with E-state index in [0.717, 1.165) is 33.7 Å². The van der Waals surface area contributed by atoms with Gasteiger partial charge in [-0.05, 0) is 36.8 Å². The number of para-hydroxylation sites is 1. The minimum Gasteiger partial charge on any atom is -0.492 e. The fourth-order valence-corrected chi connectivity index (χ4v) is 5.11. The van der Waals surface area contributed by atoms with Crippen molar-refractivity contribution in [1.82, 2.24) is 13.9 Å². The number of aryl methyl sites for hydroxylation is 1. The Morgan fingerprint density at radius 1 is 1.25 bits per heavy atom. The lowest BCUT2D eigenvalue weighted by atomic mass is 10.1. The molecule has 0 saturated heterocycles. The van der Waals surface area contributed by atoms with Crippen LogP contribution in [0.3, 0.4) is 0 Å². The second-order valence-corrected chi connectivity index (χ2v) is 10.8. The van der Waals surface area contributed by atoms with Crippen LogP contribution in [-0.2, 0) is 21.2 Å². The summed E-state index contributed by atoms with van der Waals surface area (Å²) in [6.07, 6.45) is 3.37. The summed E-state index contributed by atoms with van der Waals surface area (Å²) in [5.74, 6) is -0.0594. The Morgan fingerprint density at radius 2 is 2.06 bits per heavy atom. The van der Waals surface area contributed by atoms with Gasteiger partial charge in [-0.15, -0.1) is 0 Å². The van der Waals surface area contributed by atoms with Crippen molar-refractivity contribution < 1.29 is 17.9 Å². The zero-order chi connectivity index (χ0) is 25.7. The summed E-state index contributed by atoms with van der Waals surface area (Å²) in [5, 5.41) is 12.6. The maximum absolute atomic E-state index is 12.7. The molecule has 11 heteroatoms. The highest BCUT2D eigenvalue weighted by atomic mass is 32.2. The van der Waals surface area contributed by atoms with Crippen molar-refractivity contribution in [2.45, 2.75) is 25.5 Å². The van der Waals surface area contributed by atoms with E-state index in [1.54, 1.807) is 0 Å². The van der Waals surface area contributed by atoms with Gasteiger partial charge in [0.05, 0.1) is 12.3 Å². The summed E-state index contributed by atoms with van der Waals surface area (Å²) in [6, 6.07) is 17.4. The van der Waals surface area contributed by atoms with E-state index in [9.17, 15) is 18.5 Å². The van der Waals surface area contributed by atoms with Crippen LogP contribution >= 0.6 is 11.5 Å². The quantitative estimate of drug-likeness (QED) is 0.258. The van der Waals surface area contributed by atoms with Gasteiger partial charge in [-0.3, -0.25) is 10.1 Å². The van der Waals surface area contributed by atoms with E-state index in [-0.39, 0.29) is 21.6 Å². The van der Waals surface area contributed by atoms with E-state index in [1.807, 2.05) is 72.3 Å². The fraction of sp³-hybridized carbons (Fsp3) is 0.200. The molecule has 0 fully saturated rings. The second-order valence-electron chi connectivity index (χ2n) is 7.87. The number of ether oxygens (including phenoxy) is 1. The molecule has 0 atom stereocenters. The van der Waals surface area contributed by atoms with Crippen molar-refractivity contribution in [2.24, 2.45) is 0 Å². The molecule has 0 unspecified atom stereocenters. The van der Waals surface area contributed by atoms with Gasteiger partial charge in [0.15, 0.2) is 0 Å². The van der Waals surface area contributed by atoms with Gasteiger partial charge in [0.25, 0.3) is 11.1 Å². The lowest BCUT2D eigenvalue weighted by Crippen LogP contribution is -2.13. The monoisotopic (exact) mass is 521 g/mol. The van der Waals surface area contributed by atoms with Gasteiger partial charge < -0.3 is 9.30 Å². The third-order valence-electron chi connectivity index (χ3n) is 5.36. The van der Waals surface area contributed by atoms with Gasteiger partial charge in [0.2, 0.25) is 15.0 Å². The van der Waals surface area contributed by atoms with Crippen LogP contribution in [0.4, 0.5) is 5.13 Å². The lowest BCUT2D eigenvalue weighted by molar-refractivity contribution is -0.112. The number of sulfone groups is 1. The zero-order valence-corrected chi connectivity index (χ0v) is 21.3. The molecule has 0 spiro atoms. The average molecular weight is 522 g/mol. The van der Waals surface area contributed by atoms with E-state index in [4.69, 9.17) is 4.74 Å². The molecule has 2 aromatic heterocycles. The Hall–Kier alpha value is -4.01. The van der Waals surface area contributed by atoms with Crippen LogP contribution in [0.5, 0.6) is 5.75 Å². The van der Waals surface area contributed by atoms with Crippen LogP contribution in [0.2, 0.25) is 0 Å². The van der Waals surface area contributed by atoms with Crippen LogP contribution in [0.25, 0.3) is 17.0 Å². The van der Waals surface area contributed by atoms with E-state index < -0.39 is 15.7 Å². The largest absolute Gasteiger partial charge is 0.492 e. The minimum atomic E-state index is -3.59. The van der Waals surface area contributed by atoms with Crippen molar-refractivity contribution in [1.29, 1.82) is 5.26 Å². The lowest BCUT2D eigenvalue weighted by Gasteiger charge is -2.08. The Bertz CT molecular complexity index is 1600. The predicted octanol–water partition coefficient (Wildman–Crippen LogP) is 4.22. The van der Waals surface area contributed by atoms with E-state index in [0.29, 0.717) is 18.7 Å². The van der Waals surface area contributed by atoms with E-state index >= 15 is 0 Å². The van der Waals surface area contributed by atoms with Crippen LogP contribution in [0.15, 0.2) is 65.5 Å². The van der Waals surface area contributed by atoms with Gasteiger partial charge in [0, 0.05) is 34.2 Å². The summed E-state index contributed by atoms with van der Waals surface area (Å²) in [6.45, 7) is 4.49. The fourth-order valence-electron chi connectivity index (χ4n) is 3.53. The number of hydrogen-bond donors (Lipinski definition) is 1. The number of carbonyl (C=O) groups excluding carboxylic acids is 1. The van der Waals surface area contributed by atoms with Crippen LogP contribution in [0.1, 0.15) is 18.1 Å². The maximum Gasteiger partial charge on any atom is 0.268 e. The molecule has 1 N–H and O–H groups in total. The molecule has 9 nitrogen and oxygen atoms in total. The number of rotatable bonds is 9. The van der Waals surface area contributed by atoms with Crippen LogP contribution < -0.4 is 10.1 Å². The molecule has 2 heterocycles. The predicted molar refractivity (Wildman–Crippen MR) is 138 cm³/mol. The first kappa shape index (κ1) is 25.1.